The number of aliphatic hydroxyl groups excluding tert-OH is 1. The monoisotopic (exact) mass is 345 g/mol. The summed E-state index contributed by atoms with van der Waals surface area (Å²) in [5.41, 5.74) is 0.235. The Bertz CT molecular complexity index is 628. The van der Waals surface area contributed by atoms with Gasteiger partial charge < -0.3 is 19.3 Å². The molecule has 1 heterocycles. The Hall–Kier alpha value is -1.61. The fourth-order valence-corrected chi connectivity index (χ4v) is 2.76. The molecule has 1 aromatic heterocycles. The second-order valence-electron chi connectivity index (χ2n) is 7.76. The first-order valence-corrected chi connectivity index (χ1v) is 8.96. The molecule has 0 amide bonds. The third-order valence-electron chi connectivity index (χ3n) is 4.20. The van der Waals surface area contributed by atoms with Crippen LogP contribution in [0.4, 0.5) is 0 Å². The molecule has 0 saturated heterocycles. The highest BCUT2D eigenvalue weighted by Crippen LogP contribution is 2.38. The molecule has 0 radical (unpaired) electrons. The van der Waals surface area contributed by atoms with Gasteiger partial charge in [-0.15, -0.1) is 0 Å². The molecular weight excluding hydrogens is 318 g/mol. The van der Waals surface area contributed by atoms with Crippen LogP contribution in [0.1, 0.15) is 52.1 Å². The third kappa shape index (κ3) is 5.43. The summed E-state index contributed by atoms with van der Waals surface area (Å²) in [4.78, 5) is 4.34. The van der Waals surface area contributed by atoms with Crippen molar-refractivity contribution in [2.45, 2.75) is 69.9 Å². The van der Waals surface area contributed by atoms with E-state index in [-0.39, 0.29) is 30.0 Å². The van der Waals surface area contributed by atoms with Crippen LogP contribution in [0.3, 0.4) is 0 Å². The van der Waals surface area contributed by atoms with E-state index in [0.717, 1.165) is 31.4 Å². The molecule has 1 N–H and O–H groups in total. The van der Waals surface area contributed by atoms with Gasteiger partial charge in [-0.05, 0) is 51.7 Å². The van der Waals surface area contributed by atoms with Gasteiger partial charge in [-0.2, -0.15) is 0 Å². The zero-order chi connectivity index (χ0) is 17.9. The van der Waals surface area contributed by atoms with E-state index >= 15 is 0 Å². The molecule has 0 aliphatic heterocycles. The third-order valence-corrected chi connectivity index (χ3v) is 4.20. The normalized spacial score (nSPS) is 24.0. The van der Waals surface area contributed by atoms with E-state index in [1.807, 2.05) is 12.1 Å². The van der Waals surface area contributed by atoms with Gasteiger partial charge in [-0.3, -0.25) is 0 Å². The number of pyridine rings is 1. The zero-order valence-electron chi connectivity index (χ0n) is 15.2. The summed E-state index contributed by atoms with van der Waals surface area (Å²) in [6.07, 6.45) is 5.88. The van der Waals surface area contributed by atoms with Crippen LogP contribution in [0.15, 0.2) is 18.3 Å². The van der Waals surface area contributed by atoms with Crippen molar-refractivity contribution < 1.29 is 19.3 Å². The lowest BCUT2D eigenvalue weighted by molar-refractivity contribution is -0.126. The first-order chi connectivity index (χ1) is 11.9. The highest BCUT2D eigenvalue weighted by atomic mass is 16.5. The molecule has 2 saturated carbocycles. The molecule has 5 heteroatoms. The molecule has 2 fully saturated rings. The van der Waals surface area contributed by atoms with E-state index in [1.54, 1.807) is 6.20 Å². The fraction of sp³-hybridized carbons (Fsp3) is 0.650. The number of ether oxygens (including phenoxy) is 3. The number of rotatable bonds is 6. The molecule has 0 bridgehead atoms. The largest absolute Gasteiger partial charge is 0.489 e. The van der Waals surface area contributed by atoms with E-state index in [0.29, 0.717) is 12.3 Å². The Balaban J connectivity index is 1.46. The molecule has 3 rings (SSSR count). The first kappa shape index (κ1) is 18.2. The topological polar surface area (TPSA) is 60.8 Å². The van der Waals surface area contributed by atoms with Gasteiger partial charge in [-0.25, -0.2) is 4.98 Å². The molecule has 0 spiro atoms. The summed E-state index contributed by atoms with van der Waals surface area (Å²) in [6.45, 7) is 6.58. The maximum Gasteiger partial charge on any atom is 0.138 e. The van der Waals surface area contributed by atoms with Gasteiger partial charge in [0.05, 0.1) is 31.1 Å². The number of aliphatic hydroxyl groups is 1. The lowest BCUT2D eigenvalue weighted by Gasteiger charge is -2.39. The van der Waals surface area contributed by atoms with Crippen LogP contribution in [0.25, 0.3) is 0 Å². The van der Waals surface area contributed by atoms with Crippen molar-refractivity contribution in [2.24, 2.45) is 0 Å². The summed E-state index contributed by atoms with van der Waals surface area (Å²) in [7, 11) is 0. The lowest BCUT2D eigenvalue weighted by atomic mass is 9.91. The van der Waals surface area contributed by atoms with Gasteiger partial charge in [0.25, 0.3) is 0 Å². The minimum Gasteiger partial charge on any atom is -0.489 e. The van der Waals surface area contributed by atoms with Crippen molar-refractivity contribution in [2.75, 3.05) is 13.2 Å². The van der Waals surface area contributed by atoms with Crippen LogP contribution in [0.2, 0.25) is 0 Å². The molecule has 1 aromatic rings. The van der Waals surface area contributed by atoms with E-state index in [9.17, 15) is 0 Å². The minimum atomic E-state index is -0.367. The standard InChI is InChI=1S/C20H27NO4/c1-19(2,3)25-18-12-17(13-18)24-16-5-4-15(21-14-16)6-7-20(8-9-20)23-11-10-22/h4-5,14,17-18,22H,8-13H2,1-3H3. The van der Waals surface area contributed by atoms with Crippen LogP contribution in [-0.4, -0.2) is 46.7 Å². The second kappa shape index (κ2) is 7.33. The van der Waals surface area contributed by atoms with Crippen LogP contribution in [0.5, 0.6) is 5.75 Å². The van der Waals surface area contributed by atoms with Crippen LogP contribution in [-0.2, 0) is 9.47 Å². The predicted molar refractivity (Wildman–Crippen MR) is 94.4 cm³/mol. The summed E-state index contributed by atoms with van der Waals surface area (Å²) in [6, 6.07) is 3.77. The molecule has 0 unspecified atom stereocenters. The summed E-state index contributed by atoms with van der Waals surface area (Å²) in [5, 5.41) is 8.83. The Kier molecular flexibility index (Phi) is 5.33. The van der Waals surface area contributed by atoms with E-state index in [4.69, 9.17) is 19.3 Å². The average molecular weight is 345 g/mol. The SMILES string of the molecule is CC(C)(C)OC1CC(Oc2ccc(C#CC3(OCCO)CC3)nc2)C1. The molecule has 136 valence electrons. The first-order valence-electron chi connectivity index (χ1n) is 8.96. The zero-order valence-corrected chi connectivity index (χ0v) is 15.2. The molecule has 0 aromatic carbocycles. The van der Waals surface area contributed by atoms with E-state index < -0.39 is 0 Å². The number of hydrogen-bond donors (Lipinski definition) is 1. The minimum absolute atomic E-state index is 0.0243. The van der Waals surface area contributed by atoms with Gasteiger partial charge in [0.1, 0.15) is 23.1 Å². The highest BCUT2D eigenvalue weighted by molar-refractivity contribution is 5.35. The van der Waals surface area contributed by atoms with Crippen molar-refractivity contribution in [1.82, 2.24) is 4.98 Å². The molecule has 2 aliphatic rings. The smallest absolute Gasteiger partial charge is 0.138 e. The fourth-order valence-electron chi connectivity index (χ4n) is 2.76. The Morgan fingerprint density at radius 3 is 2.56 bits per heavy atom. The summed E-state index contributed by atoms with van der Waals surface area (Å²) < 4.78 is 17.4. The number of hydrogen-bond acceptors (Lipinski definition) is 5. The average Bonchev–Trinajstić information content (AvgIpc) is 3.29. The van der Waals surface area contributed by atoms with Gasteiger partial charge in [0, 0.05) is 12.8 Å². The molecule has 5 nitrogen and oxygen atoms in total. The van der Waals surface area contributed by atoms with Crippen molar-refractivity contribution >= 4 is 0 Å². The van der Waals surface area contributed by atoms with Crippen molar-refractivity contribution in [3.8, 4) is 17.6 Å². The maximum atomic E-state index is 8.83. The molecular formula is C20H27NO4. The Morgan fingerprint density at radius 1 is 1.24 bits per heavy atom. The number of nitrogens with zero attached hydrogens (tertiary/aromatic N) is 1. The van der Waals surface area contributed by atoms with E-state index in [1.165, 1.54) is 0 Å². The molecule has 0 atom stereocenters. The van der Waals surface area contributed by atoms with Gasteiger partial charge in [0.15, 0.2) is 0 Å². The van der Waals surface area contributed by atoms with Gasteiger partial charge >= 0.3 is 0 Å². The second-order valence-corrected chi connectivity index (χ2v) is 7.76. The van der Waals surface area contributed by atoms with Crippen molar-refractivity contribution in [3.63, 3.8) is 0 Å². The van der Waals surface area contributed by atoms with E-state index in [2.05, 4.69) is 37.6 Å². The summed E-state index contributed by atoms with van der Waals surface area (Å²) >= 11 is 0. The maximum absolute atomic E-state index is 8.83. The van der Waals surface area contributed by atoms with Crippen LogP contribution in [0, 0.1) is 11.8 Å². The van der Waals surface area contributed by atoms with Crippen LogP contribution >= 0.6 is 0 Å². The van der Waals surface area contributed by atoms with Crippen molar-refractivity contribution in [3.05, 3.63) is 24.0 Å². The van der Waals surface area contributed by atoms with Crippen LogP contribution < -0.4 is 4.74 Å². The Labute approximate surface area is 149 Å². The highest BCUT2D eigenvalue weighted by Gasteiger charge is 2.42. The number of aromatic nitrogens is 1. The lowest BCUT2D eigenvalue weighted by Crippen LogP contribution is -2.43. The summed E-state index contributed by atoms with van der Waals surface area (Å²) in [5.74, 6) is 6.95. The van der Waals surface area contributed by atoms with Crippen molar-refractivity contribution in [1.29, 1.82) is 0 Å². The molecule has 25 heavy (non-hydrogen) atoms. The molecule has 2 aliphatic carbocycles. The van der Waals surface area contributed by atoms with Gasteiger partial charge in [0.2, 0.25) is 0 Å². The quantitative estimate of drug-likeness (QED) is 0.803. The van der Waals surface area contributed by atoms with Gasteiger partial charge in [-0.1, -0.05) is 5.92 Å². The predicted octanol–water partition coefficient (Wildman–Crippen LogP) is 2.70. The Morgan fingerprint density at radius 2 is 2.00 bits per heavy atom.